The summed E-state index contributed by atoms with van der Waals surface area (Å²) in [6.45, 7) is 5.79. The van der Waals surface area contributed by atoms with Gasteiger partial charge in [-0.2, -0.15) is 8.42 Å². The molecule has 3 heterocycles. The maximum atomic E-state index is 13.5. The van der Waals surface area contributed by atoms with Gasteiger partial charge in [-0.25, -0.2) is 4.98 Å². The summed E-state index contributed by atoms with van der Waals surface area (Å²) in [6.07, 6.45) is 1.21. The summed E-state index contributed by atoms with van der Waals surface area (Å²) in [5, 5.41) is 14.1. The lowest BCUT2D eigenvalue weighted by Gasteiger charge is -2.21. The Labute approximate surface area is 201 Å². The van der Waals surface area contributed by atoms with Crippen LogP contribution in [0, 0.1) is 5.92 Å². The highest BCUT2D eigenvalue weighted by atomic mass is 32.2. The molecule has 0 radical (unpaired) electrons. The average molecular weight is 500 g/mol. The first-order valence-corrected chi connectivity index (χ1v) is 12.4. The Balaban J connectivity index is 1.84. The van der Waals surface area contributed by atoms with Gasteiger partial charge in [-0.1, -0.05) is 13.8 Å². The van der Waals surface area contributed by atoms with E-state index in [0.717, 1.165) is 0 Å². The standard InChI is InChI=1S/C23H25N5O6S/c1-12(2)8-10-28-22-15(5-4-9-25-22)19(29)18(23(28)31)21-26-16-7-6-14(34-13(3)20(24)30)11-17(16)35(32,33)27-21/h4-7,9,11-13,29H,8,10H2,1-3H3,(H2,24,30)(H,26,27)/t13-/m1/s1. The summed E-state index contributed by atoms with van der Waals surface area (Å²) in [5.74, 6) is -1.03. The molecular formula is C23H25N5O6S. The van der Waals surface area contributed by atoms with Crippen LogP contribution in [0.5, 0.6) is 11.5 Å². The van der Waals surface area contributed by atoms with Crippen LogP contribution in [-0.4, -0.2) is 40.9 Å². The maximum absolute atomic E-state index is 13.5. The monoisotopic (exact) mass is 499 g/mol. The molecular weight excluding hydrogens is 474 g/mol. The van der Waals surface area contributed by atoms with Crippen LogP contribution >= 0.6 is 0 Å². The molecule has 35 heavy (non-hydrogen) atoms. The quantitative estimate of drug-likeness (QED) is 0.444. The van der Waals surface area contributed by atoms with Gasteiger partial charge in [-0.3, -0.25) is 14.2 Å². The number of aromatic hydroxyl groups is 1. The number of amides is 1. The minimum Gasteiger partial charge on any atom is -0.506 e. The van der Waals surface area contributed by atoms with Gasteiger partial charge in [0.2, 0.25) is 0 Å². The highest BCUT2D eigenvalue weighted by Crippen LogP contribution is 2.34. The molecule has 1 aliphatic heterocycles. The van der Waals surface area contributed by atoms with E-state index in [9.17, 15) is 23.1 Å². The first kappa shape index (κ1) is 24.2. The zero-order valence-electron chi connectivity index (χ0n) is 19.3. The minimum absolute atomic E-state index is 0.106. The predicted molar refractivity (Wildman–Crippen MR) is 130 cm³/mol. The second kappa shape index (κ2) is 9.02. The smallest absolute Gasteiger partial charge is 0.286 e. The number of primary amides is 1. The van der Waals surface area contributed by atoms with Gasteiger partial charge in [-0.15, -0.1) is 4.40 Å². The van der Waals surface area contributed by atoms with Gasteiger partial charge < -0.3 is 20.9 Å². The van der Waals surface area contributed by atoms with E-state index in [0.29, 0.717) is 29.9 Å². The molecule has 0 unspecified atom stereocenters. The first-order chi connectivity index (χ1) is 16.5. The number of sulfonamides is 1. The molecule has 0 saturated heterocycles. The number of hydrogen-bond donors (Lipinski definition) is 3. The fraction of sp³-hybridized carbons (Fsp3) is 0.304. The number of fused-ring (bicyclic) bond motifs is 2. The zero-order valence-corrected chi connectivity index (χ0v) is 20.2. The number of rotatable bonds is 7. The van der Waals surface area contributed by atoms with E-state index in [-0.39, 0.29) is 27.7 Å². The minimum atomic E-state index is -4.29. The summed E-state index contributed by atoms with van der Waals surface area (Å²) < 4.78 is 36.7. The Hall–Kier alpha value is -3.93. The number of carbonyl (C=O) groups is 1. The molecule has 3 aromatic rings. The summed E-state index contributed by atoms with van der Waals surface area (Å²) >= 11 is 0. The van der Waals surface area contributed by atoms with Crippen LogP contribution in [0.15, 0.2) is 50.6 Å². The van der Waals surface area contributed by atoms with Crippen molar-refractivity contribution in [3.8, 4) is 11.5 Å². The fourth-order valence-electron chi connectivity index (χ4n) is 3.65. The highest BCUT2D eigenvalue weighted by Gasteiger charge is 2.31. The van der Waals surface area contributed by atoms with Crippen LogP contribution in [0.25, 0.3) is 11.0 Å². The number of nitrogens with two attached hydrogens (primary N) is 1. The number of amidine groups is 1. The molecule has 1 amide bonds. The molecule has 12 heteroatoms. The molecule has 1 atom stereocenters. The van der Waals surface area contributed by atoms with Crippen molar-refractivity contribution in [2.45, 2.75) is 44.7 Å². The van der Waals surface area contributed by atoms with Crippen LogP contribution in [0.4, 0.5) is 5.69 Å². The van der Waals surface area contributed by atoms with E-state index in [1.165, 1.54) is 35.9 Å². The van der Waals surface area contributed by atoms with E-state index in [4.69, 9.17) is 10.5 Å². The average Bonchev–Trinajstić information content (AvgIpc) is 2.79. The summed E-state index contributed by atoms with van der Waals surface area (Å²) in [7, 11) is -4.29. The van der Waals surface area contributed by atoms with E-state index in [2.05, 4.69) is 14.7 Å². The molecule has 0 aliphatic carbocycles. The van der Waals surface area contributed by atoms with Crippen molar-refractivity contribution < 1.29 is 23.1 Å². The van der Waals surface area contributed by atoms with Crippen molar-refractivity contribution >= 4 is 38.5 Å². The largest absolute Gasteiger partial charge is 0.506 e. The van der Waals surface area contributed by atoms with Crippen molar-refractivity contribution in [2.75, 3.05) is 5.32 Å². The number of aryl methyl sites for hydroxylation is 1. The number of nitrogens with zero attached hydrogens (tertiary/aromatic N) is 3. The van der Waals surface area contributed by atoms with Crippen molar-refractivity contribution in [1.29, 1.82) is 0 Å². The third kappa shape index (κ3) is 4.56. The van der Waals surface area contributed by atoms with Gasteiger partial charge in [-0.05, 0) is 43.5 Å². The molecule has 0 bridgehead atoms. The zero-order chi connectivity index (χ0) is 25.5. The summed E-state index contributed by atoms with van der Waals surface area (Å²) in [4.78, 5) is 28.8. The molecule has 0 saturated carbocycles. The molecule has 1 aromatic carbocycles. The molecule has 11 nitrogen and oxygen atoms in total. The molecule has 0 spiro atoms. The molecule has 0 fully saturated rings. The number of hydrogen-bond acceptors (Lipinski definition) is 8. The number of aromatic nitrogens is 2. The molecule has 2 aromatic heterocycles. The van der Waals surface area contributed by atoms with Gasteiger partial charge in [0.25, 0.3) is 21.5 Å². The van der Waals surface area contributed by atoms with E-state index in [1.807, 2.05) is 13.8 Å². The lowest BCUT2D eigenvalue weighted by Crippen LogP contribution is -2.33. The third-order valence-corrected chi connectivity index (χ3v) is 6.89. The van der Waals surface area contributed by atoms with Crippen molar-refractivity contribution in [1.82, 2.24) is 9.55 Å². The van der Waals surface area contributed by atoms with Crippen LogP contribution in [0.3, 0.4) is 0 Å². The highest BCUT2D eigenvalue weighted by molar-refractivity contribution is 7.90. The topological polar surface area (TPSA) is 166 Å². The second-order valence-electron chi connectivity index (χ2n) is 8.60. The van der Waals surface area contributed by atoms with Gasteiger partial charge in [0.05, 0.1) is 11.1 Å². The lowest BCUT2D eigenvalue weighted by atomic mass is 10.1. The summed E-state index contributed by atoms with van der Waals surface area (Å²) in [5.41, 5.74) is 4.74. The Morgan fingerprint density at radius 2 is 2.00 bits per heavy atom. The maximum Gasteiger partial charge on any atom is 0.286 e. The third-order valence-electron chi connectivity index (χ3n) is 5.57. The van der Waals surface area contributed by atoms with E-state index < -0.39 is 33.3 Å². The van der Waals surface area contributed by atoms with Crippen LogP contribution in [0.1, 0.15) is 32.8 Å². The number of pyridine rings is 2. The summed E-state index contributed by atoms with van der Waals surface area (Å²) in [6, 6.07) is 7.29. The van der Waals surface area contributed by atoms with Gasteiger partial charge in [0.15, 0.2) is 11.9 Å². The Morgan fingerprint density at radius 1 is 1.26 bits per heavy atom. The molecule has 4 N–H and O–H groups in total. The Bertz CT molecular complexity index is 1530. The normalized spacial score (nSPS) is 15.3. The molecule has 1 aliphatic rings. The lowest BCUT2D eigenvalue weighted by molar-refractivity contribution is -0.123. The Kier molecular flexibility index (Phi) is 6.24. The van der Waals surface area contributed by atoms with Crippen LogP contribution in [0.2, 0.25) is 0 Å². The van der Waals surface area contributed by atoms with Crippen molar-refractivity contribution in [3.05, 3.63) is 52.4 Å². The molecule has 184 valence electrons. The number of benzene rings is 1. The van der Waals surface area contributed by atoms with Gasteiger partial charge in [0, 0.05) is 18.8 Å². The van der Waals surface area contributed by atoms with Crippen molar-refractivity contribution in [3.63, 3.8) is 0 Å². The van der Waals surface area contributed by atoms with Crippen LogP contribution in [-0.2, 0) is 21.4 Å². The Morgan fingerprint density at radius 3 is 2.69 bits per heavy atom. The number of nitrogens with one attached hydrogen (secondary N) is 1. The second-order valence-corrected chi connectivity index (χ2v) is 10.2. The molecule has 4 rings (SSSR count). The van der Waals surface area contributed by atoms with Gasteiger partial charge >= 0.3 is 0 Å². The first-order valence-electron chi connectivity index (χ1n) is 10.9. The number of carbonyl (C=O) groups excluding carboxylic acids is 1. The SMILES string of the molecule is CC(C)CCn1c(=O)c(C2=NS(=O)(=O)c3cc(O[C@H](C)C(N)=O)ccc3N2)c(O)c2cccnc21. The van der Waals surface area contributed by atoms with E-state index >= 15 is 0 Å². The fourth-order valence-corrected chi connectivity index (χ4v) is 4.79. The van der Waals surface area contributed by atoms with Crippen LogP contribution < -0.4 is 21.3 Å². The van der Waals surface area contributed by atoms with Gasteiger partial charge in [0.1, 0.15) is 27.6 Å². The number of anilines is 1. The predicted octanol–water partition coefficient (Wildman–Crippen LogP) is 1.96. The number of ether oxygens (including phenoxy) is 1. The van der Waals surface area contributed by atoms with Crippen molar-refractivity contribution in [2.24, 2.45) is 16.0 Å². The van der Waals surface area contributed by atoms with E-state index in [1.54, 1.807) is 12.1 Å².